The SMILES string of the molecule is C[C@@H](O)c1cc([N+](=O)[O-])c(N(C)Cc2nccn2C)s1. The largest absolute Gasteiger partial charge is 0.388 e. The third-order valence-corrected chi connectivity index (χ3v) is 4.38. The summed E-state index contributed by atoms with van der Waals surface area (Å²) in [5.74, 6) is 0.814. The molecule has 0 saturated heterocycles. The number of hydrogen-bond acceptors (Lipinski definition) is 6. The number of nitrogens with zero attached hydrogens (tertiary/aromatic N) is 4. The molecule has 20 heavy (non-hydrogen) atoms. The highest BCUT2D eigenvalue weighted by Gasteiger charge is 2.24. The van der Waals surface area contributed by atoms with Crippen molar-refractivity contribution in [3.63, 3.8) is 0 Å². The van der Waals surface area contributed by atoms with E-state index >= 15 is 0 Å². The summed E-state index contributed by atoms with van der Waals surface area (Å²) in [6, 6.07) is 1.43. The smallest absolute Gasteiger partial charge is 0.304 e. The Morgan fingerprint density at radius 2 is 2.35 bits per heavy atom. The van der Waals surface area contributed by atoms with E-state index in [1.165, 1.54) is 17.4 Å². The molecule has 2 rings (SSSR count). The zero-order chi connectivity index (χ0) is 14.9. The van der Waals surface area contributed by atoms with Crippen molar-refractivity contribution in [3.8, 4) is 0 Å². The molecule has 1 atom stereocenters. The van der Waals surface area contributed by atoms with Crippen molar-refractivity contribution in [1.82, 2.24) is 9.55 Å². The average molecular weight is 296 g/mol. The van der Waals surface area contributed by atoms with Gasteiger partial charge >= 0.3 is 5.69 Å². The number of aliphatic hydroxyl groups is 1. The van der Waals surface area contributed by atoms with E-state index in [2.05, 4.69) is 4.98 Å². The second kappa shape index (κ2) is 5.59. The molecule has 2 aromatic rings. The summed E-state index contributed by atoms with van der Waals surface area (Å²) in [4.78, 5) is 17.3. The van der Waals surface area contributed by atoms with Crippen molar-refractivity contribution >= 4 is 22.0 Å². The van der Waals surface area contributed by atoms with Gasteiger partial charge in [-0.3, -0.25) is 10.1 Å². The van der Waals surface area contributed by atoms with Crippen LogP contribution in [0.15, 0.2) is 18.5 Å². The molecular weight excluding hydrogens is 280 g/mol. The summed E-state index contributed by atoms with van der Waals surface area (Å²) in [5, 5.41) is 21.2. The summed E-state index contributed by atoms with van der Waals surface area (Å²) in [5.41, 5.74) is 0.0163. The van der Waals surface area contributed by atoms with E-state index in [-0.39, 0.29) is 5.69 Å². The van der Waals surface area contributed by atoms with Crippen molar-refractivity contribution in [2.24, 2.45) is 7.05 Å². The molecule has 0 aliphatic carbocycles. The molecule has 8 heteroatoms. The second-order valence-electron chi connectivity index (χ2n) is 4.58. The Bertz CT molecular complexity index is 620. The number of nitro groups is 1. The van der Waals surface area contributed by atoms with E-state index in [1.807, 2.05) is 17.8 Å². The monoisotopic (exact) mass is 296 g/mol. The number of aryl methyl sites for hydroxylation is 1. The Morgan fingerprint density at radius 1 is 1.65 bits per heavy atom. The van der Waals surface area contributed by atoms with Gasteiger partial charge in [-0.1, -0.05) is 0 Å². The first-order valence-electron chi connectivity index (χ1n) is 6.03. The van der Waals surface area contributed by atoms with Crippen LogP contribution in [0.25, 0.3) is 0 Å². The fraction of sp³-hybridized carbons (Fsp3) is 0.417. The maximum Gasteiger partial charge on any atom is 0.304 e. The molecule has 0 radical (unpaired) electrons. The van der Waals surface area contributed by atoms with Gasteiger partial charge in [-0.15, -0.1) is 11.3 Å². The second-order valence-corrected chi connectivity index (χ2v) is 5.64. The van der Waals surface area contributed by atoms with Gasteiger partial charge < -0.3 is 14.6 Å². The van der Waals surface area contributed by atoms with E-state index in [1.54, 1.807) is 25.1 Å². The van der Waals surface area contributed by atoms with Crippen LogP contribution in [-0.4, -0.2) is 26.6 Å². The van der Waals surface area contributed by atoms with Crippen LogP contribution in [0.2, 0.25) is 0 Å². The van der Waals surface area contributed by atoms with Crippen LogP contribution in [0.3, 0.4) is 0 Å². The Morgan fingerprint density at radius 3 is 2.85 bits per heavy atom. The molecule has 2 aromatic heterocycles. The molecule has 0 aliphatic rings. The molecule has 0 unspecified atom stereocenters. The molecule has 0 aromatic carbocycles. The zero-order valence-electron chi connectivity index (χ0n) is 11.5. The molecule has 0 aliphatic heterocycles. The number of anilines is 1. The van der Waals surface area contributed by atoms with Gasteiger partial charge in [0.1, 0.15) is 5.82 Å². The van der Waals surface area contributed by atoms with Gasteiger partial charge in [0.15, 0.2) is 5.00 Å². The minimum Gasteiger partial charge on any atom is -0.388 e. The Hall–Kier alpha value is -1.93. The van der Waals surface area contributed by atoms with Gasteiger partial charge in [-0.05, 0) is 6.92 Å². The summed E-state index contributed by atoms with van der Waals surface area (Å²) in [7, 11) is 3.65. The maximum absolute atomic E-state index is 11.1. The van der Waals surface area contributed by atoms with Gasteiger partial charge in [0.2, 0.25) is 0 Å². The first-order valence-corrected chi connectivity index (χ1v) is 6.85. The van der Waals surface area contributed by atoms with Crippen molar-refractivity contribution in [1.29, 1.82) is 0 Å². The van der Waals surface area contributed by atoms with Crippen LogP contribution in [0, 0.1) is 10.1 Å². The summed E-state index contributed by atoms with van der Waals surface area (Å²) < 4.78 is 1.87. The minimum absolute atomic E-state index is 0.0163. The predicted octanol–water partition coefficient (Wildman–Crippen LogP) is 2.08. The lowest BCUT2D eigenvalue weighted by Crippen LogP contribution is -2.18. The molecule has 7 nitrogen and oxygen atoms in total. The minimum atomic E-state index is -0.714. The zero-order valence-corrected chi connectivity index (χ0v) is 12.3. The van der Waals surface area contributed by atoms with Crippen molar-refractivity contribution in [2.75, 3.05) is 11.9 Å². The van der Waals surface area contributed by atoms with Gasteiger partial charge in [-0.2, -0.15) is 0 Å². The number of thiophene rings is 1. The number of hydrogen-bond donors (Lipinski definition) is 1. The summed E-state index contributed by atoms with van der Waals surface area (Å²) >= 11 is 1.23. The Labute approximate surface area is 120 Å². The van der Waals surface area contributed by atoms with Crippen LogP contribution in [0.5, 0.6) is 0 Å². The fourth-order valence-corrected chi connectivity index (χ4v) is 2.86. The highest BCUT2D eigenvalue weighted by atomic mass is 32.1. The van der Waals surface area contributed by atoms with Crippen LogP contribution < -0.4 is 4.90 Å². The van der Waals surface area contributed by atoms with Gasteiger partial charge in [0.25, 0.3) is 0 Å². The number of aliphatic hydroxyl groups excluding tert-OH is 1. The van der Waals surface area contributed by atoms with Gasteiger partial charge in [0, 0.05) is 37.4 Å². The molecule has 2 heterocycles. The van der Waals surface area contributed by atoms with Crippen LogP contribution in [0.4, 0.5) is 10.7 Å². The topological polar surface area (TPSA) is 84.4 Å². The molecule has 0 fully saturated rings. The van der Waals surface area contributed by atoms with Crippen LogP contribution in [0.1, 0.15) is 23.7 Å². The molecule has 0 saturated carbocycles. The van der Waals surface area contributed by atoms with Crippen LogP contribution in [-0.2, 0) is 13.6 Å². The standard InChI is InChI=1S/C12H16N4O3S/c1-8(17)10-6-9(16(18)19)12(20-10)15(3)7-11-13-4-5-14(11)2/h4-6,8,17H,7H2,1-3H3/t8-/m1/s1. The lowest BCUT2D eigenvalue weighted by Gasteiger charge is -2.16. The van der Waals surface area contributed by atoms with Gasteiger partial charge in [0.05, 0.1) is 17.6 Å². The normalized spacial score (nSPS) is 12.4. The average Bonchev–Trinajstić information content (AvgIpc) is 2.96. The first-order chi connectivity index (χ1) is 9.40. The molecular formula is C12H16N4O3S. The van der Waals surface area contributed by atoms with E-state index < -0.39 is 11.0 Å². The lowest BCUT2D eigenvalue weighted by molar-refractivity contribution is -0.383. The quantitative estimate of drug-likeness (QED) is 0.674. The summed E-state index contributed by atoms with van der Waals surface area (Å²) in [6.45, 7) is 2.06. The maximum atomic E-state index is 11.1. The van der Waals surface area contributed by atoms with Crippen molar-refractivity contribution in [2.45, 2.75) is 19.6 Å². The highest BCUT2D eigenvalue weighted by Crippen LogP contribution is 2.39. The molecule has 108 valence electrons. The third kappa shape index (κ3) is 2.81. The predicted molar refractivity (Wildman–Crippen MR) is 76.9 cm³/mol. The van der Waals surface area contributed by atoms with Gasteiger partial charge in [-0.25, -0.2) is 4.98 Å². The first kappa shape index (κ1) is 14.5. The van der Waals surface area contributed by atoms with Crippen molar-refractivity contribution < 1.29 is 10.0 Å². The molecule has 0 bridgehead atoms. The highest BCUT2D eigenvalue weighted by molar-refractivity contribution is 7.16. The number of imidazole rings is 1. The van der Waals surface area contributed by atoms with E-state index in [0.717, 1.165) is 5.82 Å². The molecule has 0 spiro atoms. The van der Waals surface area contributed by atoms with E-state index in [0.29, 0.717) is 16.4 Å². The molecule has 0 amide bonds. The van der Waals surface area contributed by atoms with Crippen molar-refractivity contribution in [3.05, 3.63) is 39.3 Å². The Kier molecular flexibility index (Phi) is 4.05. The van der Waals surface area contributed by atoms with Crippen LogP contribution >= 0.6 is 11.3 Å². The fourth-order valence-electron chi connectivity index (χ4n) is 1.83. The summed E-state index contributed by atoms with van der Waals surface area (Å²) in [6.07, 6.45) is 2.80. The third-order valence-electron chi connectivity index (χ3n) is 2.97. The lowest BCUT2D eigenvalue weighted by atomic mass is 10.3. The van der Waals surface area contributed by atoms with E-state index in [4.69, 9.17) is 0 Å². The number of rotatable bonds is 5. The molecule has 1 N–H and O–H groups in total. The Balaban J connectivity index is 2.31. The number of aromatic nitrogens is 2. The van der Waals surface area contributed by atoms with E-state index in [9.17, 15) is 15.2 Å².